The first-order valence-electron chi connectivity index (χ1n) is 7.86. The number of aromatic nitrogens is 3. The predicted octanol–water partition coefficient (Wildman–Crippen LogP) is 2.33. The van der Waals surface area contributed by atoms with Gasteiger partial charge in [0.25, 0.3) is 5.91 Å². The number of phenolic OH excluding ortho intramolecular Hbond substituents is 1. The van der Waals surface area contributed by atoms with Crippen LogP contribution in [0.25, 0.3) is 16.7 Å². The van der Waals surface area contributed by atoms with E-state index in [0.29, 0.717) is 16.8 Å². The van der Waals surface area contributed by atoms with Gasteiger partial charge in [-0.1, -0.05) is 6.07 Å². The van der Waals surface area contributed by atoms with Gasteiger partial charge < -0.3 is 21.3 Å². The molecule has 3 aromatic rings. The monoisotopic (exact) mass is 377 g/mol. The van der Waals surface area contributed by atoms with E-state index < -0.39 is 18.4 Å². The molecule has 0 bridgehead atoms. The Bertz CT molecular complexity index is 1080. The fourth-order valence-corrected chi connectivity index (χ4v) is 3.08. The number of nitrogens with two attached hydrogens (primary N) is 2. The van der Waals surface area contributed by atoms with Crippen LogP contribution < -0.4 is 16.2 Å². The second-order valence-corrected chi connectivity index (χ2v) is 5.99. The highest BCUT2D eigenvalue weighted by molar-refractivity contribution is 6.12. The molecule has 0 radical (unpaired) electrons. The molecule has 142 valence electrons. The Morgan fingerprint density at radius 2 is 1.93 bits per heavy atom. The average Bonchev–Trinajstić information content (AvgIpc) is 2.84. The first kappa shape index (κ1) is 18.4. The van der Waals surface area contributed by atoms with Gasteiger partial charge in [0, 0.05) is 5.56 Å². The van der Waals surface area contributed by atoms with Crippen LogP contribution in [-0.4, -0.2) is 32.2 Å². The third-order valence-corrected chi connectivity index (χ3v) is 4.20. The van der Waals surface area contributed by atoms with Gasteiger partial charge >= 0.3 is 6.61 Å². The van der Waals surface area contributed by atoms with E-state index in [1.807, 2.05) is 0 Å². The van der Waals surface area contributed by atoms with Crippen LogP contribution in [0.2, 0.25) is 0 Å². The summed E-state index contributed by atoms with van der Waals surface area (Å²) in [5, 5.41) is 9.97. The number of anilines is 1. The Morgan fingerprint density at radius 3 is 2.52 bits per heavy atom. The fourth-order valence-electron chi connectivity index (χ4n) is 3.08. The number of rotatable bonds is 4. The first-order chi connectivity index (χ1) is 12.6. The molecule has 0 saturated carbocycles. The number of ether oxygens (including phenoxy) is 1. The number of carbonyl (C=O) groups is 1. The number of halogens is 2. The van der Waals surface area contributed by atoms with Crippen molar-refractivity contribution in [2.45, 2.75) is 27.4 Å². The Labute approximate surface area is 152 Å². The first-order valence-corrected chi connectivity index (χ1v) is 7.86. The minimum absolute atomic E-state index is 0.00712. The summed E-state index contributed by atoms with van der Waals surface area (Å²) in [7, 11) is 0. The van der Waals surface area contributed by atoms with Crippen LogP contribution in [0.5, 0.6) is 11.6 Å². The quantitative estimate of drug-likeness (QED) is 0.640. The molecule has 0 aliphatic carbocycles. The lowest BCUT2D eigenvalue weighted by atomic mass is 10.1. The van der Waals surface area contributed by atoms with E-state index in [9.17, 15) is 18.7 Å². The molecule has 1 aromatic carbocycles. The zero-order valence-corrected chi connectivity index (χ0v) is 14.7. The lowest BCUT2D eigenvalue weighted by Crippen LogP contribution is -2.14. The normalized spacial score (nSPS) is 11.3. The number of nitrogen functional groups attached to an aromatic ring is 1. The number of hydrogen-bond donors (Lipinski definition) is 3. The average molecular weight is 377 g/mol. The van der Waals surface area contributed by atoms with E-state index in [1.165, 1.54) is 17.6 Å². The molecule has 0 spiro atoms. The van der Waals surface area contributed by atoms with E-state index in [1.54, 1.807) is 19.9 Å². The molecular weight excluding hydrogens is 360 g/mol. The fraction of sp³-hybridized carbons (Fsp3) is 0.235. The van der Waals surface area contributed by atoms with Crippen LogP contribution in [0, 0.1) is 20.8 Å². The summed E-state index contributed by atoms with van der Waals surface area (Å²) >= 11 is 0. The molecule has 3 rings (SSSR count). The molecule has 0 aliphatic rings. The molecule has 0 unspecified atom stereocenters. The number of fused-ring (bicyclic) bond motifs is 1. The maximum Gasteiger partial charge on any atom is 0.388 e. The van der Waals surface area contributed by atoms with E-state index >= 15 is 0 Å². The summed E-state index contributed by atoms with van der Waals surface area (Å²) in [5.74, 6) is -1.44. The Hall–Kier alpha value is -3.43. The zero-order chi connectivity index (χ0) is 20.0. The van der Waals surface area contributed by atoms with Crippen LogP contribution in [0.4, 0.5) is 14.6 Å². The van der Waals surface area contributed by atoms with Crippen LogP contribution in [0.3, 0.4) is 0 Å². The number of hydrogen-bond acceptors (Lipinski definition) is 6. The van der Waals surface area contributed by atoms with Crippen molar-refractivity contribution < 1.29 is 23.4 Å². The highest BCUT2D eigenvalue weighted by Crippen LogP contribution is 2.38. The van der Waals surface area contributed by atoms with Gasteiger partial charge in [-0.3, -0.25) is 9.36 Å². The standard InChI is InChI=1S/C17H17F2N5O3/c1-6-4-5-9(25)7(2)12(6)24-13(20)10(14(21)26)11-15(24)22-8(3)23-16(11)27-17(18)19/h4-5,17,25H,20H2,1-3H3,(H2,21,26). The van der Waals surface area contributed by atoms with Gasteiger partial charge in [-0.2, -0.15) is 13.8 Å². The molecular formula is C17H17F2N5O3. The molecule has 8 nitrogen and oxygen atoms in total. The minimum Gasteiger partial charge on any atom is -0.508 e. The van der Waals surface area contributed by atoms with Gasteiger partial charge in [0.05, 0.1) is 16.6 Å². The second-order valence-electron chi connectivity index (χ2n) is 5.99. The summed E-state index contributed by atoms with van der Waals surface area (Å²) in [6, 6.07) is 3.16. The zero-order valence-electron chi connectivity index (χ0n) is 14.7. The van der Waals surface area contributed by atoms with Gasteiger partial charge in [-0.05, 0) is 32.4 Å². The molecule has 0 saturated heterocycles. The third kappa shape index (κ3) is 2.88. The van der Waals surface area contributed by atoms with Gasteiger partial charge in [0.2, 0.25) is 5.88 Å². The smallest absolute Gasteiger partial charge is 0.388 e. The Morgan fingerprint density at radius 1 is 1.26 bits per heavy atom. The van der Waals surface area contributed by atoms with Crippen molar-refractivity contribution in [3.63, 3.8) is 0 Å². The number of aryl methyl sites for hydroxylation is 2. The number of alkyl halides is 2. The van der Waals surface area contributed by atoms with Crippen molar-refractivity contribution in [1.29, 1.82) is 0 Å². The van der Waals surface area contributed by atoms with Crippen LogP contribution in [0.1, 0.15) is 27.3 Å². The topological polar surface area (TPSA) is 129 Å². The lowest BCUT2D eigenvalue weighted by Gasteiger charge is -2.15. The number of aromatic hydroxyl groups is 1. The van der Waals surface area contributed by atoms with E-state index in [-0.39, 0.29) is 34.0 Å². The van der Waals surface area contributed by atoms with Crippen LogP contribution >= 0.6 is 0 Å². The highest BCUT2D eigenvalue weighted by atomic mass is 19.3. The van der Waals surface area contributed by atoms with Crippen molar-refractivity contribution in [3.05, 3.63) is 34.6 Å². The molecule has 0 atom stereocenters. The van der Waals surface area contributed by atoms with Crippen LogP contribution in [-0.2, 0) is 0 Å². The van der Waals surface area contributed by atoms with Crippen molar-refractivity contribution >= 4 is 22.8 Å². The molecule has 27 heavy (non-hydrogen) atoms. The summed E-state index contributed by atoms with van der Waals surface area (Å²) in [6.45, 7) is 1.73. The highest BCUT2D eigenvalue weighted by Gasteiger charge is 2.28. The molecule has 10 heteroatoms. The third-order valence-electron chi connectivity index (χ3n) is 4.20. The van der Waals surface area contributed by atoms with Crippen molar-refractivity contribution in [1.82, 2.24) is 14.5 Å². The van der Waals surface area contributed by atoms with Gasteiger partial charge in [0.1, 0.15) is 17.4 Å². The summed E-state index contributed by atoms with van der Waals surface area (Å²) in [4.78, 5) is 20.1. The Kier molecular flexibility index (Phi) is 4.34. The summed E-state index contributed by atoms with van der Waals surface area (Å²) in [6.07, 6.45) is 0. The van der Waals surface area contributed by atoms with Gasteiger partial charge in [-0.15, -0.1) is 0 Å². The van der Waals surface area contributed by atoms with E-state index in [0.717, 1.165) is 0 Å². The number of benzene rings is 1. The minimum atomic E-state index is -3.17. The maximum absolute atomic E-state index is 12.9. The SMILES string of the molecule is Cc1nc(OC(F)F)c2c(C(N)=O)c(N)n(-c3c(C)ccc(O)c3C)c2n1. The summed E-state index contributed by atoms with van der Waals surface area (Å²) in [5.41, 5.74) is 13.0. The van der Waals surface area contributed by atoms with E-state index in [2.05, 4.69) is 14.7 Å². The predicted molar refractivity (Wildman–Crippen MR) is 94.3 cm³/mol. The van der Waals surface area contributed by atoms with Crippen LogP contribution in [0.15, 0.2) is 12.1 Å². The molecule has 0 aliphatic heterocycles. The molecule has 1 amide bonds. The van der Waals surface area contributed by atoms with Gasteiger partial charge in [0.15, 0.2) is 5.65 Å². The molecule has 0 fully saturated rings. The molecule has 2 aromatic heterocycles. The molecule has 2 heterocycles. The maximum atomic E-state index is 12.9. The molecule has 5 N–H and O–H groups in total. The van der Waals surface area contributed by atoms with Crippen molar-refractivity contribution in [2.75, 3.05) is 5.73 Å². The number of carbonyl (C=O) groups excluding carboxylic acids is 1. The van der Waals surface area contributed by atoms with Crippen molar-refractivity contribution in [3.8, 4) is 17.3 Å². The number of primary amides is 1. The largest absolute Gasteiger partial charge is 0.508 e. The lowest BCUT2D eigenvalue weighted by molar-refractivity contribution is -0.0518. The number of phenols is 1. The Balaban J connectivity index is 2.53. The second kappa shape index (κ2) is 6.38. The van der Waals surface area contributed by atoms with Gasteiger partial charge in [-0.25, -0.2) is 4.98 Å². The number of amides is 1. The van der Waals surface area contributed by atoms with Crippen molar-refractivity contribution in [2.24, 2.45) is 5.73 Å². The van der Waals surface area contributed by atoms with E-state index in [4.69, 9.17) is 11.5 Å². The summed E-state index contributed by atoms with van der Waals surface area (Å²) < 4.78 is 31.6. The number of nitrogens with zero attached hydrogens (tertiary/aromatic N) is 3.